The van der Waals surface area contributed by atoms with Crippen molar-refractivity contribution in [3.63, 3.8) is 0 Å². The molecule has 0 aromatic rings. The molecule has 6 atom stereocenters. The summed E-state index contributed by atoms with van der Waals surface area (Å²) in [4.78, 5) is 35.7. The lowest BCUT2D eigenvalue weighted by molar-refractivity contribution is -0.148. The minimum Gasteiger partial charge on any atom is -0.462 e. The zero-order valence-corrected chi connectivity index (χ0v) is 18.0. The maximum Gasteiger partial charge on any atom is 0.307 e. The van der Waals surface area contributed by atoms with E-state index in [9.17, 15) is 14.4 Å². The van der Waals surface area contributed by atoms with E-state index in [4.69, 9.17) is 9.47 Å². The average Bonchev–Trinajstić information content (AvgIpc) is 2.91. The van der Waals surface area contributed by atoms with Crippen LogP contribution in [0.1, 0.15) is 72.6 Å². The van der Waals surface area contributed by atoms with Gasteiger partial charge in [-0.2, -0.15) is 0 Å². The van der Waals surface area contributed by atoms with Gasteiger partial charge in [-0.3, -0.25) is 14.4 Å². The summed E-state index contributed by atoms with van der Waals surface area (Å²) in [5, 5.41) is 0. The SMILES string of the molecule is CC(=O)OC=C1CC2C3CC=C4CC(OC(C)=O)CCC4(C)C3CCC2(C)C1=O. The molecule has 5 nitrogen and oxygen atoms in total. The Labute approximate surface area is 172 Å². The number of hydrogen-bond acceptors (Lipinski definition) is 5. The molecule has 0 aromatic heterocycles. The lowest BCUT2D eigenvalue weighted by atomic mass is 9.48. The Bertz CT molecular complexity index is 808. The summed E-state index contributed by atoms with van der Waals surface area (Å²) in [5.74, 6) is 0.917. The van der Waals surface area contributed by atoms with Crippen LogP contribution in [0.2, 0.25) is 0 Å². The molecule has 29 heavy (non-hydrogen) atoms. The van der Waals surface area contributed by atoms with Crippen molar-refractivity contribution >= 4 is 17.7 Å². The van der Waals surface area contributed by atoms with Crippen molar-refractivity contribution in [1.82, 2.24) is 0 Å². The molecule has 5 heteroatoms. The van der Waals surface area contributed by atoms with Crippen LogP contribution in [-0.4, -0.2) is 23.8 Å². The quantitative estimate of drug-likeness (QED) is 0.295. The smallest absolute Gasteiger partial charge is 0.307 e. The molecule has 0 radical (unpaired) electrons. The van der Waals surface area contributed by atoms with Gasteiger partial charge in [-0.05, 0) is 61.7 Å². The molecule has 0 saturated heterocycles. The molecule has 0 spiro atoms. The topological polar surface area (TPSA) is 69.7 Å². The van der Waals surface area contributed by atoms with Crippen LogP contribution in [0.3, 0.4) is 0 Å². The van der Waals surface area contributed by atoms with Gasteiger partial charge in [-0.15, -0.1) is 0 Å². The van der Waals surface area contributed by atoms with Crippen molar-refractivity contribution in [1.29, 1.82) is 0 Å². The molecule has 4 aliphatic carbocycles. The Kier molecular flexibility index (Phi) is 4.99. The predicted molar refractivity (Wildman–Crippen MR) is 107 cm³/mol. The standard InChI is InChI=1S/C24H32O5/c1-14(25)28-13-16-11-21-19-6-5-17-12-18(29-15(2)26)7-9-23(17,3)20(19)8-10-24(21,4)22(16)27/h5,13,18-21H,6-12H2,1-4H3. The van der Waals surface area contributed by atoms with Crippen molar-refractivity contribution in [2.45, 2.75) is 78.7 Å². The molecule has 0 aromatic carbocycles. The third kappa shape index (κ3) is 3.27. The molecule has 0 bridgehead atoms. The van der Waals surface area contributed by atoms with Crippen molar-refractivity contribution in [2.75, 3.05) is 0 Å². The minimum atomic E-state index is -0.384. The Morgan fingerprint density at radius 2 is 1.76 bits per heavy atom. The number of ketones is 1. The summed E-state index contributed by atoms with van der Waals surface area (Å²) < 4.78 is 10.6. The second kappa shape index (κ2) is 7.10. The Morgan fingerprint density at radius 1 is 1.03 bits per heavy atom. The summed E-state index contributed by atoms with van der Waals surface area (Å²) in [6, 6.07) is 0. The van der Waals surface area contributed by atoms with Crippen LogP contribution < -0.4 is 0 Å². The maximum atomic E-state index is 13.1. The fourth-order valence-electron chi connectivity index (χ4n) is 6.89. The Hall–Kier alpha value is -1.91. The van der Waals surface area contributed by atoms with Gasteiger partial charge in [0.05, 0.1) is 0 Å². The summed E-state index contributed by atoms with van der Waals surface area (Å²) in [7, 11) is 0. The van der Waals surface area contributed by atoms with E-state index in [1.54, 1.807) is 0 Å². The molecule has 4 rings (SSSR count). The summed E-state index contributed by atoms with van der Waals surface area (Å²) in [5.41, 5.74) is 1.91. The largest absolute Gasteiger partial charge is 0.462 e. The van der Waals surface area contributed by atoms with E-state index < -0.39 is 0 Å². The van der Waals surface area contributed by atoms with Crippen molar-refractivity contribution < 1.29 is 23.9 Å². The fourth-order valence-corrected chi connectivity index (χ4v) is 6.89. The number of allylic oxidation sites excluding steroid dienone is 2. The normalized spacial score (nSPS) is 42.4. The molecule has 3 saturated carbocycles. The van der Waals surface area contributed by atoms with Gasteiger partial charge in [0.15, 0.2) is 5.78 Å². The third-order valence-electron chi connectivity index (χ3n) is 8.40. The van der Waals surface area contributed by atoms with Gasteiger partial charge in [-0.1, -0.05) is 25.5 Å². The van der Waals surface area contributed by atoms with E-state index >= 15 is 0 Å². The Balaban J connectivity index is 1.59. The first-order valence-corrected chi connectivity index (χ1v) is 10.9. The molecule has 0 heterocycles. The lowest BCUT2D eigenvalue weighted by Gasteiger charge is -2.56. The number of ether oxygens (including phenoxy) is 2. The van der Waals surface area contributed by atoms with Gasteiger partial charge in [0.2, 0.25) is 0 Å². The van der Waals surface area contributed by atoms with Crippen molar-refractivity contribution in [3.05, 3.63) is 23.5 Å². The van der Waals surface area contributed by atoms with Gasteiger partial charge in [0.1, 0.15) is 12.4 Å². The van der Waals surface area contributed by atoms with Crippen LogP contribution in [0.15, 0.2) is 23.5 Å². The lowest BCUT2D eigenvalue weighted by Crippen LogP contribution is -2.50. The first kappa shape index (κ1) is 20.4. The monoisotopic (exact) mass is 400 g/mol. The first-order chi connectivity index (χ1) is 13.6. The van der Waals surface area contributed by atoms with Crippen LogP contribution in [-0.2, 0) is 23.9 Å². The Morgan fingerprint density at radius 3 is 2.45 bits per heavy atom. The van der Waals surface area contributed by atoms with E-state index in [1.165, 1.54) is 25.7 Å². The summed E-state index contributed by atoms with van der Waals surface area (Å²) in [6.07, 6.45) is 10.2. The summed E-state index contributed by atoms with van der Waals surface area (Å²) >= 11 is 0. The molecular weight excluding hydrogens is 368 g/mol. The van der Waals surface area contributed by atoms with Crippen LogP contribution in [0, 0.1) is 28.6 Å². The highest BCUT2D eigenvalue weighted by Crippen LogP contribution is 2.64. The zero-order chi connectivity index (χ0) is 21.0. The van der Waals surface area contributed by atoms with Crippen LogP contribution in [0.4, 0.5) is 0 Å². The van der Waals surface area contributed by atoms with Gasteiger partial charge >= 0.3 is 11.9 Å². The highest BCUT2D eigenvalue weighted by atomic mass is 16.5. The third-order valence-corrected chi connectivity index (χ3v) is 8.40. The number of fused-ring (bicyclic) bond motifs is 5. The van der Waals surface area contributed by atoms with Gasteiger partial charge < -0.3 is 9.47 Å². The van der Waals surface area contributed by atoms with Crippen LogP contribution in [0.5, 0.6) is 0 Å². The maximum absolute atomic E-state index is 13.1. The van der Waals surface area contributed by atoms with Crippen LogP contribution in [0.25, 0.3) is 0 Å². The van der Waals surface area contributed by atoms with Crippen LogP contribution >= 0.6 is 0 Å². The minimum absolute atomic E-state index is 0.00329. The molecule has 0 aliphatic heterocycles. The molecule has 3 fully saturated rings. The van der Waals surface area contributed by atoms with E-state index in [-0.39, 0.29) is 34.7 Å². The zero-order valence-electron chi connectivity index (χ0n) is 18.0. The van der Waals surface area contributed by atoms with E-state index in [0.29, 0.717) is 29.7 Å². The number of rotatable bonds is 2. The van der Waals surface area contributed by atoms with Crippen molar-refractivity contribution in [2.24, 2.45) is 28.6 Å². The predicted octanol–water partition coefficient (Wildman–Crippen LogP) is 4.51. The highest BCUT2D eigenvalue weighted by molar-refractivity contribution is 6.02. The molecule has 0 N–H and O–H groups in total. The van der Waals surface area contributed by atoms with Crippen molar-refractivity contribution in [3.8, 4) is 0 Å². The average molecular weight is 401 g/mol. The molecule has 0 amide bonds. The number of hydrogen-bond donors (Lipinski definition) is 0. The van der Waals surface area contributed by atoms with E-state index in [0.717, 1.165) is 38.5 Å². The van der Waals surface area contributed by atoms with Gasteiger partial charge in [0.25, 0.3) is 0 Å². The first-order valence-electron chi connectivity index (χ1n) is 10.9. The molecule has 6 unspecified atom stereocenters. The number of esters is 2. The molecular formula is C24H32O5. The number of carbonyl (C=O) groups is 3. The van der Waals surface area contributed by atoms with E-state index in [2.05, 4.69) is 19.9 Å². The molecule has 4 aliphatic rings. The van der Waals surface area contributed by atoms with Gasteiger partial charge in [-0.25, -0.2) is 0 Å². The highest BCUT2D eigenvalue weighted by Gasteiger charge is 2.60. The number of Topliss-reactive ketones (excluding diaryl/α,β-unsaturated/α-hetero) is 1. The van der Waals surface area contributed by atoms with E-state index in [1.807, 2.05) is 0 Å². The van der Waals surface area contributed by atoms with Gasteiger partial charge in [0, 0.05) is 31.3 Å². The number of carbonyl (C=O) groups excluding carboxylic acids is 3. The fraction of sp³-hybridized carbons (Fsp3) is 0.708. The second-order valence-corrected chi connectivity index (χ2v) is 9.98. The molecule has 158 valence electrons. The summed E-state index contributed by atoms with van der Waals surface area (Å²) in [6.45, 7) is 7.35. The second-order valence-electron chi connectivity index (χ2n) is 9.98.